The Bertz CT molecular complexity index is 882. The van der Waals surface area contributed by atoms with Gasteiger partial charge < -0.3 is 11.1 Å². The molecule has 0 spiro atoms. The van der Waals surface area contributed by atoms with Crippen LogP contribution in [0.25, 0.3) is 0 Å². The topological polar surface area (TPSA) is 55.1 Å². The molecule has 0 aromatic carbocycles. The van der Waals surface area contributed by atoms with Crippen LogP contribution in [-0.2, 0) is 4.79 Å². The van der Waals surface area contributed by atoms with E-state index in [0.29, 0.717) is 34.6 Å². The summed E-state index contributed by atoms with van der Waals surface area (Å²) in [5, 5.41) is 3.12. The molecule has 3 N–H and O–H groups in total. The number of amides is 1. The predicted octanol–water partition coefficient (Wildman–Crippen LogP) is 6.12. The summed E-state index contributed by atoms with van der Waals surface area (Å²) in [5.74, 6) is 3.92. The molecule has 32 heavy (non-hydrogen) atoms. The quantitative estimate of drug-likeness (QED) is 0.523. The minimum absolute atomic E-state index is 0.0468. The van der Waals surface area contributed by atoms with E-state index in [-0.39, 0.29) is 5.91 Å². The molecule has 3 fully saturated rings. The van der Waals surface area contributed by atoms with E-state index in [0.717, 1.165) is 23.5 Å². The summed E-state index contributed by atoms with van der Waals surface area (Å²) in [7, 11) is 0. The second-order valence-corrected chi connectivity index (χ2v) is 12.7. The first-order valence-electron chi connectivity index (χ1n) is 13.3. The molecule has 1 amide bonds. The Morgan fingerprint density at radius 1 is 1.06 bits per heavy atom. The SMILES string of the molecule is CC(C)C1=CC(=O)N/C1=C\[C@H](C)[C@H]1CC[C@H]2C3=CC[C@H]4C[C@H](N)CC[C@]4(C)[C@H]3CC[C@]12C. The average Bonchev–Trinajstić information content (AvgIpc) is 3.27. The van der Waals surface area contributed by atoms with Gasteiger partial charge in [-0.3, -0.25) is 4.79 Å². The normalized spacial score (nSPS) is 45.7. The first-order chi connectivity index (χ1) is 15.1. The third-order valence-corrected chi connectivity index (χ3v) is 10.7. The van der Waals surface area contributed by atoms with Crippen molar-refractivity contribution in [2.75, 3.05) is 0 Å². The second-order valence-electron chi connectivity index (χ2n) is 12.7. The van der Waals surface area contributed by atoms with Crippen molar-refractivity contribution in [1.82, 2.24) is 5.32 Å². The number of allylic oxidation sites excluding steroid dienone is 4. The van der Waals surface area contributed by atoms with Crippen LogP contribution in [0, 0.1) is 46.3 Å². The first-order valence-corrected chi connectivity index (χ1v) is 13.3. The van der Waals surface area contributed by atoms with Crippen molar-refractivity contribution in [3.05, 3.63) is 35.1 Å². The maximum absolute atomic E-state index is 12.0. The van der Waals surface area contributed by atoms with Crippen LogP contribution in [0.1, 0.15) is 86.0 Å². The highest BCUT2D eigenvalue weighted by atomic mass is 16.1. The third-order valence-electron chi connectivity index (χ3n) is 10.7. The minimum atomic E-state index is 0.0468. The van der Waals surface area contributed by atoms with Crippen molar-refractivity contribution in [3.63, 3.8) is 0 Å². The molecule has 8 atom stereocenters. The van der Waals surface area contributed by atoms with E-state index in [4.69, 9.17) is 5.73 Å². The lowest BCUT2D eigenvalue weighted by atomic mass is 9.47. The fraction of sp³-hybridized carbons (Fsp3) is 0.759. The largest absolute Gasteiger partial charge is 0.328 e. The van der Waals surface area contributed by atoms with Gasteiger partial charge in [-0.1, -0.05) is 52.3 Å². The van der Waals surface area contributed by atoms with Crippen molar-refractivity contribution in [1.29, 1.82) is 0 Å². The van der Waals surface area contributed by atoms with Gasteiger partial charge in [0.05, 0.1) is 0 Å². The van der Waals surface area contributed by atoms with Crippen LogP contribution >= 0.6 is 0 Å². The van der Waals surface area contributed by atoms with Crippen molar-refractivity contribution in [2.45, 2.75) is 92.0 Å². The molecular weight excluding hydrogens is 392 g/mol. The van der Waals surface area contributed by atoms with Gasteiger partial charge >= 0.3 is 0 Å². The van der Waals surface area contributed by atoms with Crippen LogP contribution in [0.2, 0.25) is 0 Å². The summed E-state index contributed by atoms with van der Waals surface area (Å²) < 4.78 is 0. The Morgan fingerprint density at radius 2 is 1.78 bits per heavy atom. The number of rotatable bonds is 3. The van der Waals surface area contributed by atoms with Crippen LogP contribution in [0.3, 0.4) is 0 Å². The summed E-state index contributed by atoms with van der Waals surface area (Å²) in [5.41, 5.74) is 11.3. The van der Waals surface area contributed by atoms with Crippen LogP contribution in [0.5, 0.6) is 0 Å². The van der Waals surface area contributed by atoms with Gasteiger partial charge in [0, 0.05) is 17.8 Å². The molecule has 176 valence electrons. The van der Waals surface area contributed by atoms with Crippen LogP contribution < -0.4 is 11.1 Å². The highest BCUT2D eigenvalue weighted by molar-refractivity contribution is 5.94. The Morgan fingerprint density at radius 3 is 2.53 bits per heavy atom. The summed E-state index contributed by atoms with van der Waals surface area (Å²) in [6.45, 7) is 12.0. The molecule has 3 saturated carbocycles. The molecule has 0 radical (unpaired) electrons. The van der Waals surface area contributed by atoms with Crippen LogP contribution in [0.4, 0.5) is 0 Å². The Labute approximate surface area is 195 Å². The molecule has 1 aliphatic heterocycles. The van der Waals surface area contributed by atoms with E-state index in [1.807, 2.05) is 5.57 Å². The number of hydrogen-bond donors (Lipinski definition) is 2. The molecule has 4 aliphatic carbocycles. The van der Waals surface area contributed by atoms with E-state index < -0.39 is 0 Å². The third kappa shape index (κ3) is 3.37. The summed E-state index contributed by atoms with van der Waals surface area (Å²) in [6.07, 6.45) is 17.2. The molecule has 1 heterocycles. The molecule has 0 bridgehead atoms. The highest BCUT2D eigenvalue weighted by Crippen LogP contribution is 2.66. The standard InChI is InChI=1S/C29H44N2O/c1-17(2)22-16-27(32)31-26(22)14-18(3)23-8-9-24-21-7-6-19-15-20(30)10-12-28(19,4)25(21)11-13-29(23,24)5/h7,14,16-20,23-25H,6,8-13,15,30H2,1-5H3,(H,31,32)/b26-14-/t18-,19-,20+,23+,24-,25-,28-,29+/m0/s1. The lowest BCUT2D eigenvalue weighted by Gasteiger charge is -2.58. The van der Waals surface area contributed by atoms with Crippen LogP contribution in [0.15, 0.2) is 35.1 Å². The maximum Gasteiger partial charge on any atom is 0.248 e. The molecule has 5 aliphatic rings. The van der Waals surface area contributed by atoms with Crippen molar-refractivity contribution >= 4 is 5.91 Å². The average molecular weight is 437 g/mol. The summed E-state index contributed by atoms with van der Waals surface area (Å²) >= 11 is 0. The number of carbonyl (C=O) groups excluding carboxylic acids is 1. The maximum atomic E-state index is 12.0. The van der Waals surface area contributed by atoms with Gasteiger partial charge in [-0.15, -0.1) is 0 Å². The first kappa shape index (κ1) is 22.4. The fourth-order valence-corrected chi connectivity index (χ4v) is 8.90. The van der Waals surface area contributed by atoms with Gasteiger partial charge in [-0.05, 0) is 103 Å². The molecule has 3 heteroatoms. The molecule has 0 saturated heterocycles. The zero-order valence-electron chi connectivity index (χ0n) is 20.9. The zero-order valence-corrected chi connectivity index (χ0v) is 20.9. The van der Waals surface area contributed by atoms with Gasteiger partial charge in [0.1, 0.15) is 0 Å². The minimum Gasteiger partial charge on any atom is -0.328 e. The predicted molar refractivity (Wildman–Crippen MR) is 131 cm³/mol. The molecule has 5 rings (SSSR count). The van der Waals surface area contributed by atoms with Gasteiger partial charge in [0.2, 0.25) is 5.91 Å². The van der Waals surface area contributed by atoms with E-state index in [9.17, 15) is 4.79 Å². The van der Waals surface area contributed by atoms with Gasteiger partial charge in [0.25, 0.3) is 0 Å². The summed E-state index contributed by atoms with van der Waals surface area (Å²) in [6, 6.07) is 0.419. The molecular formula is C29H44N2O. The van der Waals surface area contributed by atoms with Crippen molar-refractivity contribution in [3.8, 4) is 0 Å². The highest BCUT2D eigenvalue weighted by Gasteiger charge is 2.58. The number of carbonyl (C=O) groups is 1. The van der Waals surface area contributed by atoms with Crippen LogP contribution in [-0.4, -0.2) is 11.9 Å². The number of nitrogens with two attached hydrogens (primary N) is 1. The number of fused-ring (bicyclic) bond motifs is 5. The molecule has 0 unspecified atom stereocenters. The van der Waals surface area contributed by atoms with Gasteiger partial charge in [-0.25, -0.2) is 0 Å². The summed E-state index contributed by atoms with van der Waals surface area (Å²) in [4.78, 5) is 12.0. The van der Waals surface area contributed by atoms with Gasteiger partial charge in [0.15, 0.2) is 0 Å². The second kappa shape index (κ2) is 7.86. The Hall–Kier alpha value is -1.35. The van der Waals surface area contributed by atoms with Gasteiger partial charge in [-0.2, -0.15) is 0 Å². The van der Waals surface area contributed by atoms with Crippen molar-refractivity contribution < 1.29 is 4.79 Å². The Balaban J connectivity index is 1.39. The lowest BCUT2D eigenvalue weighted by Crippen LogP contribution is -2.50. The lowest BCUT2D eigenvalue weighted by molar-refractivity contribution is -0.115. The van der Waals surface area contributed by atoms with E-state index in [1.165, 1.54) is 56.9 Å². The molecule has 3 nitrogen and oxygen atoms in total. The van der Waals surface area contributed by atoms with E-state index >= 15 is 0 Å². The zero-order chi connectivity index (χ0) is 22.8. The fourth-order valence-electron chi connectivity index (χ4n) is 8.90. The van der Waals surface area contributed by atoms with E-state index in [1.54, 1.807) is 6.08 Å². The number of hydrogen-bond acceptors (Lipinski definition) is 2. The van der Waals surface area contributed by atoms with Crippen molar-refractivity contribution in [2.24, 2.45) is 52.1 Å². The number of nitrogens with one attached hydrogen (secondary N) is 1. The Kier molecular flexibility index (Phi) is 5.51. The smallest absolute Gasteiger partial charge is 0.248 e. The van der Waals surface area contributed by atoms with E-state index in [2.05, 4.69) is 52.1 Å². The monoisotopic (exact) mass is 436 g/mol. The molecule has 0 aromatic heterocycles. The molecule has 0 aromatic rings.